The Morgan fingerprint density at radius 3 is 2.79 bits per heavy atom. The third kappa shape index (κ3) is 2.04. The summed E-state index contributed by atoms with van der Waals surface area (Å²) < 4.78 is 0. The molecule has 1 aromatic rings. The van der Waals surface area contributed by atoms with Crippen LogP contribution in [0.25, 0.3) is 0 Å². The lowest BCUT2D eigenvalue weighted by atomic mass is 9.89. The Morgan fingerprint density at radius 1 is 1.71 bits per heavy atom. The zero-order valence-corrected chi connectivity index (χ0v) is 8.72. The Labute approximate surface area is 83.1 Å². The highest BCUT2D eigenvalue weighted by Crippen LogP contribution is 2.23. The number of nitrogens with two attached hydrogens (primary N) is 1. The molecule has 0 bridgehead atoms. The van der Waals surface area contributed by atoms with Crippen LogP contribution in [0.15, 0.2) is 6.20 Å². The van der Waals surface area contributed by atoms with Crippen LogP contribution in [0.1, 0.15) is 27.2 Å². The Morgan fingerprint density at radius 2 is 2.36 bits per heavy atom. The maximum absolute atomic E-state index is 11.7. The number of nitrogen functional groups attached to an aromatic ring is 1. The SMILES string of the molecule is CCC(C)(C)C(=O)Nc1[nH]ncc1N. The van der Waals surface area contributed by atoms with Gasteiger partial charge in [-0.05, 0) is 6.42 Å². The molecule has 1 heterocycles. The number of H-pyrrole nitrogens is 1. The van der Waals surface area contributed by atoms with Crippen molar-refractivity contribution in [2.24, 2.45) is 5.41 Å². The molecule has 78 valence electrons. The van der Waals surface area contributed by atoms with E-state index in [4.69, 9.17) is 5.73 Å². The number of carbonyl (C=O) groups excluding carboxylic acids is 1. The van der Waals surface area contributed by atoms with Gasteiger partial charge >= 0.3 is 0 Å². The Hall–Kier alpha value is -1.52. The monoisotopic (exact) mass is 196 g/mol. The molecule has 0 saturated carbocycles. The van der Waals surface area contributed by atoms with Gasteiger partial charge in [-0.15, -0.1) is 0 Å². The summed E-state index contributed by atoms with van der Waals surface area (Å²) in [6, 6.07) is 0. The van der Waals surface area contributed by atoms with Crippen molar-refractivity contribution in [1.29, 1.82) is 0 Å². The van der Waals surface area contributed by atoms with Gasteiger partial charge in [0.05, 0.1) is 11.9 Å². The van der Waals surface area contributed by atoms with Gasteiger partial charge in [-0.25, -0.2) is 0 Å². The zero-order valence-electron chi connectivity index (χ0n) is 8.72. The van der Waals surface area contributed by atoms with Crippen LogP contribution in [-0.4, -0.2) is 16.1 Å². The summed E-state index contributed by atoms with van der Waals surface area (Å²) in [4.78, 5) is 11.7. The first-order chi connectivity index (χ1) is 6.47. The van der Waals surface area contributed by atoms with E-state index in [9.17, 15) is 4.79 Å². The largest absolute Gasteiger partial charge is 0.394 e. The average Bonchev–Trinajstić information content (AvgIpc) is 2.52. The maximum Gasteiger partial charge on any atom is 0.231 e. The lowest BCUT2D eigenvalue weighted by Gasteiger charge is -2.20. The third-order valence-electron chi connectivity index (χ3n) is 2.41. The number of aromatic amines is 1. The summed E-state index contributed by atoms with van der Waals surface area (Å²) in [6.07, 6.45) is 2.24. The summed E-state index contributed by atoms with van der Waals surface area (Å²) in [5, 5.41) is 9.04. The van der Waals surface area contributed by atoms with E-state index in [0.717, 1.165) is 6.42 Å². The molecular formula is C9H16N4O. The van der Waals surface area contributed by atoms with E-state index < -0.39 is 5.41 Å². The molecule has 1 aromatic heterocycles. The first-order valence-electron chi connectivity index (χ1n) is 4.57. The van der Waals surface area contributed by atoms with Crippen LogP contribution >= 0.6 is 0 Å². The molecule has 14 heavy (non-hydrogen) atoms. The molecule has 0 aliphatic rings. The second kappa shape index (κ2) is 3.69. The van der Waals surface area contributed by atoms with E-state index in [1.807, 2.05) is 20.8 Å². The molecular weight excluding hydrogens is 180 g/mol. The second-order valence-corrected chi connectivity index (χ2v) is 3.89. The summed E-state index contributed by atoms with van der Waals surface area (Å²) in [5.74, 6) is 0.410. The van der Waals surface area contributed by atoms with Crippen LogP contribution in [0.2, 0.25) is 0 Å². The fourth-order valence-electron chi connectivity index (χ4n) is 0.839. The molecule has 0 spiro atoms. The highest BCUT2D eigenvalue weighted by atomic mass is 16.2. The van der Waals surface area contributed by atoms with Gasteiger partial charge in [-0.2, -0.15) is 5.10 Å². The molecule has 0 fully saturated rings. The number of hydrogen-bond acceptors (Lipinski definition) is 3. The van der Waals surface area contributed by atoms with Gasteiger partial charge in [0.1, 0.15) is 0 Å². The molecule has 5 nitrogen and oxygen atoms in total. The molecule has 1 rings (SSSR count). The van der Waals surface area contributed by atoms with E-state index in [1.54, 1.807) is 0 Å². The summed E-state index contributed by atoms with van der Waals surface area (Å²) in [5.41, 5.74) is 5.62. The highest BCUT2D eigenvalue weighted by molar-refractivity contribution is 5.95. The molecule has 0 aliphatic carbocycles. The van der Waals surface area contributed by atoms with Gasteiger partial charge in [0.15, 0.2) is 5.82 Å². The molecule has 0 aliphatic heterocycles. The van der Waals surface area contributed by atoms with Crippen molar-refractivity contribution < 1.29 is 4.79 Å². The Bertz CT molecular complexity index is 329. The van der Waals surface area contributed by atoms with Gasteiger partial charge in [-0.1, -0.05) is 20.8 Å². The predicted molar refractivity (Wildman–Crippen MR) is 55.7 cm³/mol. The summed E-state index contributed by atoms with van der Waals surface area (Å²) >= 11 is 0. The van der Waals surface area contributed by atoms with Crippen molar-refractivity contribution in [3.05, 3.63) is 6.20 Å². The summed E-state index contributed by atoms with van der Waals surface area (Å²) in [7, 11) is 0. The average molecular weight is 196 g/mol. The van der Waals surface area contributed by atoms with Crippen molar-refractivity contribution in [2.75, 3.05) is 11.1 Å². The van der Waals surface area contributed by atoms with Gasteiger partial charge in [0.2, 0.25) is 5.91 Å². The molecule has 0 atom stereocenters. The number of hydrogen-bond donors (Lipinski definition) is 3. The standard InChI is InChI=1S/C9H16N4O/c1-4-9(2,3)8(14)12-7-6(10)5-11-13-7/h5H,4,10H2,1-3H3,(H2,11,12,13,14). The van der Waals surface area contributed by atoms with Crippen molar-refractivity contribution in [3.8, 4) is 0 Å². The van der Waals surface area contributed by atoms with Crippen molar-refractivity contribution >= 4 is 17.4 Å². The number of nitrogens with zero attached hydrogens (tertiary/aromatic N) is 1. The van der Waals surface area contributed by atoms with E-state index in [-0.39, 0.29) is 5.91 Å². The first-order valence-corrected chi connectivity index (χ1v) is 4.57. The van der Waals surface area contributed by atoms with Crippen LogP contribution < -0.4 is 11.1 Å². The topological polar surface area (TPSA) is 83.8 Å². The zero-order chi connectivity index (χ0) is 10.8. The maximum atomic E-state index is 11.7. The highest BCUT2D eigenvalue weighted by Gasteiger charge is 2.25. The summed E-state index contributed by atoms with van der Waals surface area (Å²) in [6.45, 7) is 5.74. The van der Waals surface area contributed by atoms with Crippen LogP contribution in [0.3, 0.4) is 0 Å². The smallest absolute Gasteiger partial charge is 0.231 e. The van der Waals surface area contributed by atoms with Gasteiger partial charge in [-0.3, -0.25) is 9.89 Å². The first kappa shape index (κ1) is 10.6. The molecule has 0 saturated heterocycles. The Balaban J connectivity index is 2.71. The molecule has 1 amide bonds. The molecule has 0 unspecified atom stereocenters. The van der Waals surface area contributed by atoms with Crippen LogP contribution in [0.4, 0.5) is 11.5 Å². The number of aromatic nitrogens is 2. The normalized spacial score (nSPS) is 11.4. The fraction of sp³-hybridized carbons (Fsp3) is 0.556. The quantitative estimate of drug-likeness (QED) is 0.682. The van der Waals surface area contributed by atoms with Gasteiger partial charge in [0.25, 0.3) is 0 Å². The Kier molecular flexibility index (Phi) is 2.78. The van der Waals surface area contributed by atoms with E-state index in [2.05, 4.69) is 15.5 Å². The molecule has 4 N–H and O–H groups in total. The van der Waals surface area contributed by atoms with Crippen molar-refractivity contribution in [2.45, 2.75) is 27.2 Å². The van der Waals surface area contributed by atoms with Crippen LogP contribution in [0.5, 0.6) is 0 Å². The lowest BCUT2D eigenvalue weighted by molar-refractivity contribution is -0.124. The lowest BCUT2D eigenvalue weighted by Crippen LogP contribution is -2.30. The predicted octanol–water partition coefficient (Wildman–Crippen LogP) is 1.37. The number of carbonyl (C=O) groups is 1. The minimum atomic E-state index is -0.391. The second-order valence-electron chi connectivity index (χ2n) is 3.89. The molecule has 0 radical (unpaired) electrons. The van der Waals surface area contributed by atoms with Gasteiger partial charge < -0.3 is 11.1 Å². The number of anilines is 2. The molecule has 0 aromatic carbocycles. The third-order valence-corrected chi connectivity index (χ3v) is 2.41. The minimum Gasteiger partial charge on any atom is -0.394 e. The van der Waals surface area contributed by atoms with Crippen molar-refractivity contribution in [3.63, 3.8) is 0 Å². The van der Waals surface area contributed by atoms with E-state index >= 15 is 0 Å². The van der Waals surface area contributed by atoms with E-state index in [0.29, 0.717) is 11.5 Å². The minimum absolute atomic E-state index is 0.0593. The number of amides is 1. The van der Waals surface area contributed by atoms with Crippen LogP contribution in [0, 0.1) is 5.41 Å². The van der Waals surface area contributed by atoms with Crippen molar-refractivity contribution in [1.82, 2.24) is 10.2 Å². The van der Waals surface area contributed by atoms with E-state index in [1.165, 1.54) is 6.20 Å². The van der Waals surface area contributed by atoms with Crippen LogP contribution in [-0.2, 0) is 4.79 Å². The number of nitrogens with one attached hydrogen (secondary N) is 2. The molecule has 5 heteroatoms. The van der Waals surface area contributed by atoms with Gasteiger partial charge in [0, 0.05) is 5.41 Å². The number of rotatable bonds is 3. The fourth-order valence-corrected chi connectivity index (χ4v) is 0.839.